The Bertz CT molecular complexity index is 732. The van der Waals surface area contributed by atoms with E-state index in [0.29, 0.717) is 13.2 Å². The zero-order valence-corrected chi connectivity index (χ0v) is 13.4. The summed E-state index contributed by atoms with van der Waals surface area (Å²) in [7, 11) is -3.00. The molecule has 0 spiro atoms. The van der Waals surface area contributed by atoms with Gasteiger partial charge in [-0.15, -0.1) is 0 Å². The summed E-state index contributed by atoms with van der Waals surface area (Å²) in [6.07, 6.45) is 3.96. The van der Waals surface area contributed by atoms with E-state index in [2.05, 4.69) is 4.98 Å². The third-order valence-electron chi connectivity index (χ3n) is 3.94. The number of imidazole rings is 1. The van der Waals surface area contributed by atoms with Gasteiger partial charge in [0.2, 0.25) is 0 Å². The lowest BCUT2D eigenvalue weighted by Crippen LogP contribution is -2.15. The van der Waals surface area contributed by atoms with Crippen molar-refractivity contribution in [2.45, 2.75) is 18.9 Å². The highest BCUT2D eigenvalue weighted by Crippen LogP contribution is 2.33. The van der Waals surface area contributed by atoms with Crippen LogP contribution in [0, 0.1) is 0 Å². The Kier molecular flexibility index (Phi) is 4.31. The van der Waals surface area contributed by atoms with Crippen molar-refractivity contribution < 1.29 is 13.2 Å². The summed E-state index contributed by atoms with van der Waals surface area (Å²) < 4.78 is 30.4. The average Bonchev–Trinajstić information content (AvgIpc) is 3.14. The molecule has 2 heterocycles. The minimum Gasteiger partial charge on any atom is -0.381 e. The average molecular weight is 320 g/mol. The molecule has 0 saturated carbocycles. The third kappa shape index (κ3) is 3.39. The molecule has 1 atom stereocenters. The highest BCUT2D eigenvalue weighted by atomic mass is 32.2. The van der Waals surface area contributed by atoms with Gasteiger partial charge in [0.05, 0.1) is 30.1 Å². The van der Waals surface area contributed by atoms with E-state index >= 15 is 0 Å². The van der Waals surface area contributed by atoms with Gasteiger partial charge in [0.25, 0.3) is 0 Å². The summed E-state index contributed by atoms with van der Waals surface area (Å²) in [6.45, 7) is 1.85. The Morgan fingerprint density at radius 2 is 2.09 bits per heavy atom. The fourth-order valence-electron chi connectivity index (χ4n) is 2.83. The number of hydrogen-bond acceptors (Lipinski definition) is 4. The van der Waals surface area contributed by atoms with Crippen LogP contribution in [0.2, 0.25) is 0 Å². The van der Waals surface area contributed by atoms with E-state index in [0.717, 1.165) is 30.0 Å². The first-order chi connectivity index (χ1) is 10.5. The van der Waals surface area contributed by atoms with E-state index in [1.54, 1.807) is 6.33 Å². The molecule has 1 saturated heterocycles. The van der Waals surface area contributed by atoms with Crippen LogP contribution in [0.15, 0.2) is 36.7 Å². The first-order valence-electron chi connectivity index (χ1n) is 7.40. The monoisotopic (exact) mass is 320 g/mol. The lowest BCUT2D eigenvalue weighted by Gasteiger charge is -2.14. The molecule has 0 N–H and O–H groups in total. The molecule has 2 aromatic rings. The van der Waals surface area contributed by atoms with E-state index in [-0.39, 0.29) is 11.7 Å². The van der Waals surface area contributed by atoms with Crippen molar-refractivity contribution in [3.8, 4) is 11.3 Å². The summed E-state index contributed by atoms with van der Waals surface area (Å²) in [5.41, 5.74) is 3.08. The summed E-state index contributed by atoms with van der Waals surface area (Å²) >= 11 is 0. The van der Waals surface area contributed by atoms with E-state index in [1.165, 1.54) is 6.26 Å². The van der Waals surface area contributed by atoms with Gasteiger partial charge in [-0.2, -0.15) is 0 Å². The lowest BCUT2D eigenvalue weighted by molar-refractivity contribution is 0.193. The number of aromatic nitrogens is 2. The van der Waals surface area contributed by atoms with Crippen LogP contribution in [0.3, 0.4) is 0 Å². The smallest absolute Gasteiger partial charge is 0.149 e. The number of sulfone groups is 1. The van der Waals surface area contributed by atoms with Gasteiger partial charge >= 0.3 is 0 Å². The molecule has 0 radical (unpaired) electrons. The zero-order valence-electron chi connectivity index (χ0n) is 12.6. The van der Waals surface area contributed by atoms with E-state index in [9.17, 15) is 8.42 Å². The largest absolute Gasteiger partial charge is 0.381 e. The molecular weight excluding hydrogens is 300 g/mol. The Morgan fingerprint density at radius 1 is 1.32 bits per heavy atom. The van der Waals surface area contributed by atoms with Gasteiger partial charge in [-0.05, 0) is 6.42 Å². The van der Waals surface area contributed by atoms with Crippen LogP contribution < -0.4 is 0 Å². The van der Waals surface area contributed by atoms with Gasteiger partial charge in [0.1, 0.15) is 9.84 Å². The van der Waals surface area contributed by atoms with Gasteiger partial charge in [-0.25, -0.2) is 13.4 Å². The van der Waals surface area contributed by atoms with Gasteiger partial charge < -0.3 is 9.30 Å². The molecule has 0 aliphatic carbocycles. The summed E-state index contributed by atoms with van der Waals surface area (Å²) in [5, 5.41) is 0. The van der Waals surface area contributed by atoms with Crippen molar-refractivity contribution in [1.82, 2.24) is 9.55 Å². The molecule has 1 aliphatic rings. The van der Waals surface area contributed by atoms with Crippen LogP contribution in [0.25, 0.3) is 11.3 Å². The van der Waals surface area contributed by atoms with Gasteiger partial charge in [-0.1, -0.05) is 30.3 Å². The van der Waals surface area contributed by atoms with Gasteiger partial charge in [0, 0.05) is 30.9 Å². The standard InChI is InChI=1S/C16H20N2O3S/c1-22(19,20)10-8-18-12-17-15(13-5-3-2-4-6-13)16(18)14-7-9-21-11-14/h2-6,12,14H,7-11H2,1H3. The first kappa shape index (κ1) is 15.2. The number of nitrogens with zero attached hydrogens (tertiary/aromatic N) is 2. The highest BCUT2D eigenvalue weighted by Gasteiger charge is 2.26. The molecule has 5 nitrogen and oxygen atoms in total. The molecule has 1 aliphatic heterocycles. The highest BCUT2D eigenvalue weighted by molar-refractivity contribution is 7.90. The maximum Gasteiger partial charge on any atom is 0.149 e. The normalized spacial score (nSPS) is 18.7. The molecule has 3 rings (SSSR count). The predicted octanol–water partition coefficient (Wildman–Crippen LogP) is 2.10. The Labute approximate surface area is 130 Å². The number of aryl methyl sites for hydroxylation is 1. The van der Waals surface area contributed by atoms with Crippen molar-refractivity contribution >= 4 is 9.84 Å². The fraction of sp³-hybridized carbons (Fsp3) is 0.438. The number of hydrogen-bond donors (Lipinski definition) is 0. The van der Waals surface area contributed by atoms with Gasteiger partial charge in [0.15, 0.2) is 0 Å². The van der Waals surface area contributed by atoms with Crippen LogP contribution in [0.1, 0.15) is 18.0 Å². The van der Waals surface area contributed by atoms with E-state index < -0.39 is 9.84 Å². The van der Waals surface area contributed by atoms with Crippen molar-refractivity contribution in [3.63, 3.8) is 0 Å². The minimum absolute atomic E-state index is 0.123. The summed E-state index contributed by atoms with van der Waals surface area (Å²) in [6, 6.07) is 10.0. The van der Waals surface area contributed by atoms with E-state index in [1.807, 2.05) is 34.9 Å². The SMILES string of the molecule is CS(=O)(=O)CCn1cnc(-c2ccccc2)c1C1CCOC1. The number of rotatable bonds is 5. The maximum atomic E-state index is 11.5. The summed E-state index contributed by atoms with van der Waals surface area (Å²) in [5.74, 6) is 0.398. The number of benzene rings is 1. The van der Waals surface area contributed by atoms with Crippen molar-refractivity contribution in [1.29, 1.82) is 0 Å². The lowest BCUT2D eigenvalue weighted by atomic mass is 9.99. The predicted molar refractivity (Wildman–Crippen MR) is 85.6 cm³/mol. The molecule has 1 aromatic carbocycles. The second-order valence-electron chi connectivity index (χ2n) is 5.73. The van der Waals surface area contributed by atoms with Crippen LogP contribution in [-0.2, 0) is 21.1 Å². The van der Waals surface area contributed by atoms with Crippen LogP contribution >= 0.6 is 0 Å². The number of ether oxygens (including phenoxy) is 1. The quantitative estimate of drug-likeness (QED) is 0.846. The Morgan fingerprint density at radius 3 is 2.73 bits per heavy atom. The van der Waals surface area contributed by atoms with Crippen LogP contribution in [-0.4, -0.2) is 43.2 Å². The van der Waals surface area contributed by atoms with Crippen LogP contribution in [0.5, 0.6) is 0 Å². The second kappa shape index (κ2) is 6.22. The molecule has 0 amide bonds. The van der Waals surface area contributed by atoms with Crippen molar-refractivity contribution in [2.24, 2.45) is 0 Å². The van der Waals surface area contributed by atoms with Crippen LogP contribution in [0.4, 0.5) is 0 Å². The summed E-state index contributed by atoms with van der Waals surface area (Å²) in [4.78, 5) is 4.54. The van der Waals surface area contributed by atoms with Crippen molar-refractivity contribution in [2.75, 3.05) is 25.2 Å². The molecule has 1 unspecified atom stereocenters. The topological polar surface area (TPSA) is 61.2 Å². The molecular formula is C16H20N2O3S. The van der Waals surface area contributed by atoms with E-state index in [4.69, 9.17) is 4.74 Å². The molecule has 0 bridgehead atoms. The van der Waals surface area contributed by atoms with Gasteiger partial charge in [-0.3, -0.25) is 0 Å². The molecule has 118 valence electrons. The second-order valence-corrected chi connectivity index (χ2v) is 7.99. The Balaban J connectivity index is 1.98. The molecule has 1 aromatic heterocycles. The Hall–Kier alpha value is -1.66. The minimum atomic E-state index is -3.00. The third-order valence-corrected chi connectivity index (χ3v) is 4.87. The fourth-order valence-corrected chi connectivity index (χ4v) is 3.36. The van der Waals surface area contributed by atoms with Crippen molar-refractivity contribution in [3.05, 3.63) is 42.4 Å². The zero-order chi connectivity index (χ0) is 15.6. The molecule has 6 heteroatoms. The molecule has 22 heavy (non-hydrogen) atoms. The molecule has 1 fully saturated rings. The first-order valence-corrected chi connectivity index (χ1v) is 9.46. The maximum absolute atomic E-state index is 11.5.